The largest absolute Gasteiger partial charge is 0.354 e. The smallest absolute Gasteiger partial charge is 0.195 e. The molecule has 3 nitrogen and oxygen atoms in total. The molecule has 0 saturated carbocycles. The monoisotopic (exact) mass is 251 g/mol. The van der Waals surface area contributed by atoms with Crippen LogP contribution in [-0.4, -0.2) is 19.0 Å². The van der Waals surface area contributed by atoms with Crippen molar-refractivity contribution in [3.8, 4) is 0 Å². The lowest BCUT2D eigenvalue weighted by molar-refractivity contribution is 0.687. The Morgan fingerprint density at radius 1 is 1.18 bits per heavy atom. The van der Waals surface area contributed by atoms with Crippen molar-refractivity contribution in [3.63, 3.8) is 0 Å². The lowest BCUT2D eigenvalue weighted by Gasteiger charge is -2.20. The van der Waals surface area contributed by atoms with Gasteiger partial charge in [-0.05, 0) is 42.9 Å². The molecule has 2 aliphatic rings. The average Bonchev–Trinajstić information content (AvgIpc) is 2.82. The first-order chi connectivity index (χ1) is 7.93. The summed E-state index contributed by atoms with van der Waals surface area (Å²) in [5.41, 5.74) is 4.24. The number of anilines is 1. The van der Waals surface area contributed by atoms with Crippen LogP contribution in [0.3, 0.4) is 0 Å². The Kier molecular flexibility index (Phi) is 3.89. The Hall–Kier alpha value is -1.22. The molecular formula is C13H18ClN3. The number of halogens is 1. The average molecular weight is 252 g/mol. The molecule has 0 fully saturated rings. The van der Waals surface area contributed by atoms with Crippen LogP contribution in [0.1, 0.15) is 24.0 Å². The Morgan fingerprint density at radius 3 is 2.88 bits per heavy atom. The van der Waals surface area contributed by atoms with Crippen molar-refractivity contribution < 1.29 is 0 Å². The molecule has 1 heterocycles. The number of hydrogen-bond acceptors (Lipinski definition) is 3. The van der Waals surface area contributed by atoms with E-state index in [0.29, 0.717) is 0 Å². The van der Waals surface area contributed by atoms with Gasteiger partial charge in [0.2, 0.25) is 0 Å². The summed E-state index contributed by atoms with van der Waals surface area (Å²) in [5, 5.41) is 6.66. The zero-order valence-corrected chi connectivity index (χ0v) is 10.6. The first kappa shape index (κ1) is 12.2. The van der Waals surface area contributed by atoms with E-state index in [1.807, 2.05) is 0 Å². The Balaban J connectivity index is 0.00000108. The summed E-state index contributed by atoms with van der Waals surface area (Å²) in [4.78, 5) is 4.37. The molecule has 0 radical (unpaired) electrons. The second-order valence-corrected chi connectivity index (χ2v) is 4.43. The molecule has 3 rings (SSSR count). The van der Waals surface area contributed by atoms with E-state index in [0.717, 1.165) is 19.0 Å². The summed E-state index contributed by atoms with van der Waals surface area (Å²) < 4.78 is 0. The zero-order valence-electron chi connectivity index (χ0n) is 9.83. The van der Waals surface area contributed by atoms with Crippen molar-refractivity contribution in [1.82, 2.24) is 5.32 Å². The number of nitrogens with one attached hydrogen (secondary N) is 2. The summed E-state index contributed by atoms with van der Waals surface area (Å²) in [7, 11) is 0. The third-order valence-corrected chi connectivity index (χ3v) is 3.32. The molecule has 0 saturated heterocycles. The standard InChI is InChI=1S/C13H17N3.ClH/c1-2-6-11-10(4-1)5-3-7-12(11)16-13-14-8-9-15-13;/h3,5,7H,1-2,4,6,8-9H2,(H2,14,15,16);1H. The zero-order chi connectivity index (χ0) is 10.8. The quantitative estimate of drug-likeness (QED) is 0.804. The van der Waals surface area contributed by atoms with Crippen LogP contribution in [0.4, 0.5) is 5.69 Å². The van der Waals surface area contributed by atoms with E-state index in [4.69, 9.17) is 0 Å². The van der Waals surface area contributed by atoms with Crippen LogP contribution in [0, 0.1) is 0 Å². The van der Waals surface area contributed by atoms with E-state index in [1.54, 1.807) is 0 Å². The van der Waals surface area contributed by atoms with Gasteiger partial charge in [0.05, 0.1) is 6.54 Å². The van der Waals surface area contributed by atoms with Crippen molar-refractivity contribution in [3.05, 3.63) is 29.3 Å². The number of benzene rings is 1. The topological polar surface area (TPSA) is 36.4 Å². The molecule has 4 heteroatoms. The fourth-order valence-electron chi connectivity index (χ4n) is 2.51. The third-order valence-electron chi connectivity index (χ3n) is 3.32. The molecule has 1 aromatic carbocycles. The number of guanidine groups is 1. The van der Waals surface area contributed by atoms with Crippen molar-refractivity contribution in [2.75, 3.05) is 18.4 Å². The number of hydrogen-bond donors (Lipinski definition) is 2. The van der Waals surface area contributed by atoms with E-state index in [1.165, 1.54) is 42.5 Å². The highest BCUT2D eigenvalue weighted by atomic mass is 35.5. The SMILES string of the molecule is Cl.c1cc2c(c(NC3=NCCN3)c1)CCCC2. The van der Waals surface area contributed by atoms with E-state index in [-0.39, 0.29) is 12.4 Å². The van der Waals surface area contributed by atoms with Gasteiger partial charge in [0.1, 0.15) is 0 Å². The van der Waals surface area contributed by atoms with Gasteiger partial charge in [-0.15, -0.1) is 12.4 Å². The highest BCUT2D eigenvalue weighted by molar-refractivity contribution is 5.95. The molecule has 17 heavy (non-hydrogen) atoms. The van der Waals surface area contributed by atoms with Crippen molar-refractivity contribution in [1.29, 1.82) is 0 Å². The normalized spacial score (nSPS) is 17.5. The van der Waals surface area contributed by atoms with Gasteiger partial charge in [-0.2, -0.15) is 0 Å². The maximum absolute atomic E-state index is 4.37. The lowest BCUT2D eigenvalue weighted by atomic mass is 9.90. The molecule has 0 amide bonds. The number of aliphatic imine (C=N–C) groups is 1. The van der Waals surface area contributed by atoms with Crippen LogP contribution in [0.15, 0.2) is 23.2 Å². The minimum atomic E-state index is 0. The van der Waals surface area contributed by atoms with Crippen LogP contribution in [0.25, 0.3) is 0 Å². The van der Waals surface area contributed by atoms with Gasteiger partial charge in [0.25, 0.3) is 0 Å². The number of rotatable bonds is 1. The lowest BCUT2D eigenvalue weighted by Crippen LogP contribution is -2.27. The number of fused-ring (bicyclic) bond motifs is 1. The maximum Gasteiger partial charge on any atom is 0.195 e. The van der Waals surface area contributed by atoms with E-state index >= 15 is 0 Å². The molecule has 1 aliphatic heterocycles. The Morgan fingerprint density at radius 2 is 2.06 bits per heavy atom. The summed E-state index contributed by atoms with van der Waals surface area (Å²) in [6.45, 7) is 1.84. The molecule has 0 spiro atoms. The van der Waals surface area contributed by atoms with Gasteiger partial charge in [0.15, 0.2) is 5.96 Å². The summed E-state index contributed by atoms with van der Waals surface area (Å²) in [6, 6.07) is 6.55. The predicted molar refractivity (Wildman–Crippen MR) is 74.3 cm³/mol. The van der Waals surface area contributed by atoms with Crippen LogP contribution < -0.4 is 10.6 Å². The number of nitrogens with zero attached hydrogens (tertiary/aromatic N) is 1. The molecule has 0 unspecified atom stereocenters. The maximum atomic E-state index is 4.37. The molecule has 1 aromatic rings. The van der Waals surface area contributed by atoms with Gasteiger partial charge in [0, 0.05) is 12.2 Å². The predicted octanol–water partition coefficient (Wildman–Crippen LogP) is 2.36. The van der Waals surface area contributed by atoms with Gasteiger partial charge in [-0.25, -0.2) is 0 Å². The third kappa shape index (κ3) is 2.55. The van der Waals surface area contributed by atoms with E-state index in [2.05, 4.69) is 33.8 Å². The Labute approximate surface area is 108 Å². The molecule has 0 aromatic heterocycles. The van der Waals surface area contributed by atoms with Crippen LogP contribution in [0.5, 0.6) is 0 Å². The van der Waals surface area contributed by atoms with Gasteiger partial charge < -0.3 is 10.6 Å². The van der Waals surface area contributed by atoms with Crippen LogP contribution in [-0.2, 0) is 12.8 Å². The van der Waals surface area contributed by atoms with Gasteiger partial charge >= 0.3 is 0 Å². The molecule has 92 valence electrons. The van der Waals surface area contributed by atoms with E-state index < -0.39 is 0 Å². The van der Waals surface area contributed by atoms with Crippen LogP contribution >= 0.6 is 12.4 Å². The summed E-state index contributed by atoms with van der Waals surface area (Å²) in [6.07, 6.45) is 5.07. The fraction of sp³-hybridized carbons (Fsp3) is 0.462. The fourth-order valence-corrected chi connectivity index (χ4v) is 2.51. The molecular weight excluding hydrogens is 234 g/mol. The van der Waals surface area contributed by atoms with E-state index in [9.17, 15) is 0 Å². The second kappa shape index (κ2) is 5.41. The Bertz CT molecular complexity index is 429. The highest BCUT2D eigenvalue weighted by Gasteiger charge is 2.14. The van der Waals surface area contributed by atoms with Crippen molar-refractivity contribution >= 4 is 24.1 Å². The molecule has 0 atom stereocenters. The first-order valence-electron chi connectivity index (χ1n) is 6.09. The molecule has 1 aliphatic carbocycles. The van der Waals surface area contributed by atoms with Crippen molar-refractivity contribution in [2.45, 2.75) is 25.7 Å². The number of aryl methyl sites for hydroxylation is 1. The van der Waals surface area contributed by atoms with Crippen LogP contribution in [0.2, 0.25) is 0 Å². The van der Waals surface area contributed by atoms with Gasteiger partial charge in [-0.3, -0.25) is 4.99 Å². The summed E-state index contributed by atoms with van der Waals surface area (Å²) >= 11 is 0. The molecule has 2 N–H and O–H groups in total. The highest BCUT2D eigenvalue weighted by Crippen LogP contribution is 2.27. The second-order valence-electron chi connectivity index (χ2n) is 4.43. The van der Waals surface area contributed by atoms with Crippen molar-refractivity contribution in [2.24, 2.45) is 4.99 Å². The minimum Gasteiger partial charge on any atom is -0.354 e. The molecule has 0 bridgehead atoms. The summed E-state index contributed by atoms with van der Waals surface area (Å²) in [5.74, 6) is 0.930. The first-order valence-corrected chi connectivity index (χ1v) is 6.09. The minimum absolute atomic E-state index is 0. The van der Waals surface area contributed by atoms with Gasteiger partial charge in [-0.1, -0.05) is 12.1 Å².